The number of ether oxygens (including phenoxy) is 1. The molecule has 3 aromatic rings. The topological polar surface area (TPSA) is 38.5 Å². The van der Waals surface area contributed by atoms with Crippen molar-refractivity contribution in [2.75, 3.05) is 32.0 Å². The molecule has 1 unspecified atom stereocenters. The number of alkyl halides is 1. The van der Waals surface area contributed by atoms with Crippen LogP contribution in [0.5, 0.6) is 5.75 Å². The van der Waals surface area contributed by atoms with Gasteiger partial charge in [0.15, 0.2) is 0 Å². The lowest BCUT2D eigenvalue weighted by Crippen LogP contribution is -2.26. The lowest BCUT2D eigenvalue weighted by atomic mass is 9.87. The van der Waals surface area contributed by atoms with Crippen molar-refractivity contribution < 1.29 is 9.13 Å². The second-order valence-electron chi connectivity index (χ2n) is 10.0. The quantitative estimate of drug-likeness (QED) is 0.342. The van der Waals surface area contributed by atoms with E-state index in [-0.39, 0.29) is 12.8 Å². The summed E-state index contributed by atoms with van der Waals surface area (Å²) in [5, 5.41) is 0.792. The van der Waals surface area contributed by atoms with Crippen LogP contribution in [0.3, 0.4) is 0 Å². The highest BCUT2D eigenvalue weighted by molar-refractivity contribution is 6.32. The summed E-state index contributed by atoms with van der Waals surface area (Å²) in [6, 6.07) is 21.1. The monoisotopic (exact) mass is 504 g/mol. The minimum Gasteiger partial charge on any atom is -0.489 e. The van der Waals surface area contributed by atoms with E-state index in [2.05, 4.69) is 60.4 Å². The maximum atomic E-state index is 12.5. The van der Waals surface area contributed by atoms with Crippen molar-refractivity contribution in [2.24, 2.45) is 0 Å². The average Bonchev–Trinajstić information content (AvgIpc) is 3.22. The molecule has 2 aliphatic rings. The summed E-state index contributed by atoms with van der Waals surface area (Å²) in [5.74, 6) is 0.873. The van der Waals surface area contributed by atoms with Gasteiger partial charge in [0.2, 0.25) is 0 Å². The predicted molar refractivity (Wildman–Crippen MR) is 148 cm³/mol. The molecule has 188 valence electrons. The molecule has 1 aliphatic carbocycles. The Hall–Kier alpha value is -2.82. The van der Waals surface area contributed by atoms with E-state index in [9.17, 15) is 4.39 Å². The van der Waals surface area contributed by atoms with Gasteiger partial charge in [0, 0.05) is 30.3 Å². The number of aryl methyl sites for hydroxylation is 2. The van der Waals surface area contributed by atoms with Gasteiger partial charge in [-0.05, 0) is 108 Å². The molecule has 0 saturated carbocycles. The number of nitrogen functional groups attached to an aromatic ring is 1. The highest BCUT2D eigenvalue weighted by atomic mass is 35.5. The number of anilines is 1. The molecule has 0 aromatic heterocycles. The van der Waals surface area contributed by atoms with Crippen LogP contribution in [0.4, 0.5) is 10.1 Å². The summed E-state index contributed by atoms with van der Waals surface area (Å²) in [6.07, 6.45) is 4.70. The van der Waals surface area contributed by atoms with Crippen LogP contribution in [-0.2, 0) is 6.42 Å². The first-order valence-corrected chi connectivity index (χ1v) is 13.3. The third-order valence-corrected chi connectivity index (χ3v) is 7.62. The van der Waals surface area contributed by atoms with Crippen LogP contribution in [0.15, 0.2) is 60.7 Å². The van der Waals surface area contributed by atoms with E-state index in [1.807, 2.05) is 12.1 Å². The zero-order chi connectivity index (χ0) is 25.1. The first-order chi connectivity index (χ1) is 17.5. The molecule has 1 atom stereocenters. The normalized spacial score (nSPS) is 18.2. The Morgan fingerprint density at radius 3 is 2.61 bits per heavy atom. The molecule has 1 fully saturated rings. The minimum absolute atomic E-state index is 0.151. The smallest absolute Gasteiger partial charge is 0.119 e. The lowest BCUT2D eigenvalue weighted by Gasteiger charge is -2.19. The highest BCUT2D eigenvalue weighted by Gasteiger charge is 2.24. The van der Waals surface area contributed by atoms with Crippen molar-refractivity contribution >= 4 is 28.4 Å². The molecular weight excluding hydrogens is 471 g/mol. The summed E-state index contributed by atoms with van der Waals surface area (Å²) in [6.45, 7) is 4.44. The van der Waals surface area contributed by atoms with Crippen molar-refractivity contribution in [3.63, 3.8) is 0 Å². The van der Waals surface area contributed by atoms with Gasteiger partial charge in [-0.25, -0.2) is 0 Å². The van der Waals surface area contributed by atoms with E-state index < -0.39 is 0 Å². The molecular formula is C31H34ClFN2O. The van der Waals surface area contributed by atoms with E-state index in [1.54, 1.807) is 0 Å². The predicted octanol–water partition coefficient (Wildman–Crippen LogP) is 7.34. The van der Waals surface area contributed by atoms with Gasteiger partial charge in [0.25, 0.3) is 0 Å². The SMILES string of the molecule is Cc1ccc(C2=C(c3ccc(OC4CCN(CCCF)C4)cc3)c3ccc(N)cc3CCC2)c(Cl)c1. The Labute approximate surface area is 218 Å². The summed E-state index contributed by atoms with van der Waals surface area (Å²) in [5.41, 5.74) is 15.4. The molecule has 2 N–H and O–H groups in total. The van der Waals surface area contributed by atoms with Gasteiger partial charge in [0.05, 0.1) is 6.67 Å². The van der Waals surface area contributed by atoms with E-state index in [0.29, 0.717) is 6.42 Å². The Balaban J connectivity index is 1.49. The summed E-state index contributed by atoms with van der Waals surface area (Å²) >= 11 is 6.79. The summed E-state index contributed by atoms with van der Waals surface area (Å²) < 4.78 is 18.8. The van der Waals surface area contributed by atoms with E-state index in [4.69, 9.17) is 22.1 Å². The van der Waals surface area contributed by atoms with E-state index >= 15 is 0 Å². The molecule has 0 bridgehead atoms. The molecule has 36 heavy (non-hydrogen) atoms. The summed E-state index contributed by atoms with van der Waals surface area (Å²) in [4.78, 5) is 2.29. The summed E-state index contributed by atoms with van der Waals surface area (Å²) in [7, 11) is 0. The molecule has 1 heterocycles. The zero-order valence-electron chi connectivity index (χ0n) is 20.9. The third kappa shape index (κ3) is 5.45. The van der Waals surface area contributed by atoms with Crippen LogP contribution in [-0.4, -0.2) is 37.3 Å². The van der Waals surface area contributed by atoms with E-state index in [1.165, 1.54) is 22.3 Å². The van der Waals surface area contributed by atoms with Gasteiger partial charge < -0.3 is 10.5 Å². The molecule has 3 nitrogen and oxygen atoms in total. The standard InChI is InChI=1S/C31H34ClFN2O/c1-21-6-12-28(30(32)18-21)29-5-2-4-23-19-24(34)9-13-27(23)31(29)22-7-10-25(11-8-22)36-26-14-17-35(20-26)16-3-15-33/h6-13,18-19,26H,2-5,14-17,20,34H2,1H3. The fourth-order valence-corrected chi connectivity index (χ4v) is 5.89. The van der Waals surface area contributed by atoms with Gasteiger partial charge in [0.1, 0.15) is 11.9 Å². The number of fused-ring (bicyclic) bond motifs is 1. The number of nitrogens with two attached hydrogens (primary N) is 1. The Morgan fingerprint density at radius 1 is 1.03 bits per heavy atom. The van der Waals surface area contributed by atoms with Gasteiger partial charge in [-0.15, -0.1) is 0 Å². The van der Waals surface area contributed by atoms with E-state index in [0.717, 1.165) is 78.5 Å². The second kappa shape index (κ2) is 11.1. The van der Waals surface area contributed by atoms with Gasteiger partial charge in [-0.3, -0.25) is 9.29 Å². The largest absolute Gasteiger partial charge is 0.489 e. The van der Waals surface area contributed by atoms with Crippen molar-refractivity contribution in [1.29, 1.82) is 0 Å². The highest BCUT2D eigenvalue weighted by Crippen LogP contribution is 2.42. The molecule has 1 aliphatic heterocycles. The Bertz CT molecular complexity index is 1250. The number of allylic oxidation sites excluding steroid dienone is 1. The first kappa shape index (κ1) is 24.9. The fourth-order valence-electron chi connectivity index (χ4n) is 5.54. The molecule has 0 amide bonds. The number of hydrogen-bond donors (Lipinski definition) is 1. The van der Waals surface area contributed by atoms with Crippen molar-refractivity contribution in [3.8, 4) is 5.75 Å². The molecule has 5 rings (SSSR count). The van der Waals surface area contributed by atoms with Crippen LogP contribution < -0.4 is 10.5 Å². The van der Waals surface area contributed by atoms with Crippen molar-refractivity contribution in [2.45, 2.75) is 45.1 Å². The number of nitrogens with zero attached hydrogens (tertiary/aromatic N) is 1. The van der Waals surface area contributed by atoms with Gasteiger partial charge >= 0.3 is 0 Å². The Morgan fingerprint density at radius 2 is 1.83 bits per heavy atom. The minimum atomic E-state index is -0.259. The molecule has 5 heteroatoms. The lowest BCUT2D eigenvalue weighted by molar-refractivity contribution is 0.198. The average molecular weight is 505 g/mol. The Kier molecular flexibility index (Phi) is 7.64. The van der Waals surface area contributed by atoms with Crippen LogP contribution in [0.25, 0.3) is 11.1 Å². The van der Waals surface area contributed by atoms with Crippen LogP contribution >= 0.6 is 11.6 Å². The molecule has 0 spiro atoms. The van der Waals surface area contributed by atoms with Gasteiger partial charge in [-0.2, -0.15) is 0 Å². The third-order valence-electron chi connectivity index (χ3n) is 7.31. The number of likely N-dealkylation sites (tertiary alicyclic amines) is 1. The van der Waals surface area contributed by atoms with Crippen LogP contribution in [0.2, 0.25) is 5.02 Å². The number of hydrogen-bond acceptors (Lipinski definition) is 3. The molecule has 3 aromatic carbocycles. The first-order valence-electron chi connectivity index (χ1n) is 13.0. The zero-order valence-corrected chi connectivity index (χ0v) is 21.7. The van der Waals surface area contributed by atoms with Gasteiger partial charge in [-0.1, -0.05) is 41.9 Å². The molecule has 0 radical (unpaired) electrons. The number of rotatable bonds is 7. The van der Waals surface area contributed by atoms with Crippen molar-refractivity contribution in [3.05, 3.63) is 93.5 Å². The number of benzene rings is 3. The second-order valence-corrected chi connectivity index (χ2v) is 10.4. The fraction of sp³-hybridized carbons (Fsp3) is 0.355. The molecule has 1 saturated heterocycles. The van der Waals surface area contributed by atoms with Crippen molar-refractivity contribution in [1.82, 2.24) is 4.90 Å². The van der Waals surface area contributed by atoms with Crippen LogP contribution in [0, 0.1) is 6.92 Å². The maximum Gasteiger partial charge on any atom is 0.119 e. The number of halogens is 2. The maximum absolute atomic E-state index is 12.5. The van der Waals surface area contributed by atoms with Crippen LogP contribution in [0.1, 0.15) is 53.5 Å².